The smallest absolute Gasteiger partial charge is 0.125 e. The van der Waals surface area contributed by atoms with Gasteiger partial charge in [0.1, 0.15) is 16.1 Å². The minimum Gasteiger partial charge on any atom is -0.391 e. The molecule has 4 nitrogen and oxygen atoms in total. The maximum Gasteiger partial charge on any atom is 0.125 e. The van der Waals surface area contributed by atoms with Gasteiger partial charge in [-0.3, -0.25) is 0 Å². The van der Waals surface area contributed by atoms with Gasteiger partial charge in [-0.1, -0.05) is 24.4 Å². The number of anilines is 1. The molecular weight excluding hydrogens is 266 g/mol. The molecule has 0 amide bonds. The second-order valence-electron chi connectivity index (χ2n) is 4.21. The lowest BCUT2D eigenvalue weighted by Gasteiger charge is -2.32. The van der Waals surface area contributed by atoms with Crippen LogP contribution in [0.5, 0.6) is 0 Å². The van der Waals surface area contributed by atoms with Gasteiger partial charge in [-0.15, -0.1) is 0 Å². The summed E-state index contributed by atoms with van der Waals surface area (Å²) >= 11 is 6.53. The van der Waals surface area contributed by atoms with Crippen molar-refractivity contribution in [2.75, 3.05) is 24.6 Å². The van der Waals surface area contributed by atoms with E-state index in [2.05, 4.69) is 15.3 Å². The summed E-state index contributed by atoms with van der Waals surface area (Å²) in [4.78, 5) is 2.68. The van der Waals surface area contributed by atoms with Crippen molar-refractivity contribution in [3.05, 3.63) is 24.3 Å². The molecule has 1 aromatic heterocycles. The van der Waals surface area contributed by atoms with Crippen molar-refractivity contribution in [1.29, 1.82) is 0 Å². The van der Waals surface area contributed by atoms with Gasteiger partial charge in [0.25, 0.3) is 0 Å². The summed E-state index contributed by atoms with van der Waals surface area (Å²) in [5.74, 6) is 0. The average molecular weight is 279 g/mol. The van der Waals surface area contributed by atoms with Gasteiger partial charge < -0.3 is 15.4 Å². The standard InChI is InChI=1S/C12H13N3OS2/c13-11(17)10-7-15(5-6-16-10)12-8-3-1-2-4-9(8)14-18-12/h1-4,10H,5-7H2,(H2,13,17). The predicted molar refractivity (Wildman–Crippen MR) is 78.4 cm³/mol. The monoisotopic (exact) mass is 279 g/mol. The molecule has 6 heteroatoms. The van der Waals surface area contributed by atoms with Crippen molar-refractivity contribution in [3.63, 3.8) is 0 Å². The highest BCUT2D eigenvalue weighted by Gasteiger charge is 2.24. The van der Waals surface area contributed by atoms with Crippen LogP contribution in [0.1, 0.15) is 0 Å². The van der Waals surface area contributed by atoms with Gasteiger partial charge in [0.2, 0.25) is 0 Å². The van der Waals surface area contributed by atoms with E-state index in [1.165, 1.54) is 21.9 Å². The highest BCUT2D eigenvalue weighted by molar-refractivity contribution is 7.80. The minimum atomic E-state index is -0.158. The molecule has 1 aromatic carbocycles. The highest BCUT2D eigenvalue weighted by atomic mass is 32.1. The molecule has 0 aliphatic carbocycles. The Morgan fingerprint density at radius 1 is 1.50 bits per heavy atom. The van der Waals surface area contributed by atoms with E-state index in [9.17, 15) is 0 Å². The molecule has 0 saturated carbocycles. The molecule has 1 unspecified atom stereocenters. The summed E-state index contributed by atoms with van der Waals surface area (Å²) in [6, 6.07) is 8.16. The summed E-state index contributed by atoms with van der Waals surface area (Å²) in [5, 5.41) is 2.36. The summed E-state index contributed by atoms with van der Waals surface area (Å²) in [6.45, 7) is 2.21. The number of hydrogen-bond acceptors (Lipinski definition) is 5. The van der Waals surface area contributed by atoms with Crippen LogP contribution in [0.25, 0.3) is 10.9 Å². The van der Waals surface area contributed by atoms with E-state index >= 15 is 0 Å². The van der Waals surface area contributed by atoms with Crippen molar-refractivity contribution in [2.24, 2.45) is 5.73 Å². The van der Waals surface area contributed by atoms with Crippen molar-refractivity contribution in [3.8, 4) is 0 Å². The zero-order chi connectivity index (χ0) is 12.5. The van der Waals surface area contributed by atoms with E-state index in [1.54, 1.807) is 0 Å². The van der Waals surface area contributed by atoms with E-state index in [0.29, 0.717) is 18.1 Å². The number of thiocarbonyl (C=S) groups is 1. The Hall–Kier alpha value is -1.24. The maximum absolute atomic E-state index is 5.66. The first kappa shape index (κ1) is 11.8. The lowest BCUT2D eigenvalue weighted by Crippen LogP contribution is -2.47. The van der Waals surface area contributed by atoms with Gasteiger partial charge in [0, 0.05) is 11.9 Å². The van der Waals surface area contributed by atoms with Crippen LogP contribution in [-0.4, -0.2) is 35.2 Å². The van der Waals surface area contributed by atoms with Crippen LogP contribution in [0.2, 0.25) is 0 Å². The van der Waals surface area contributed by atoms with Gasteiger partial charge in [0.15, 0.2) is 0 Å². The molecule has 1 aliphatic rings. The van der Waals surface area contributed by atoms with E-state index < -0.39 is 0 Å². The van der Waals surface area contributed by atoms with Crippen LogP contribution in [0.15, 0.2) is 24.3 Å². The molecule has 0 bridgehead atoms. The fourth-order valence-electron chi connectivity index (χ4n) is 2.11. The van der Waals surface area contributed by atoms with Crippen LogP contribution in [0.3, 0.4) is 0 Å². The van der Waals surface area contributed by atoms with E-state index in [0.717, 1.165) is 12.1 Å². The van der Waals surface area contributed by atoms with Crippen LogP contribution >= 0.6 is 23.8 Å². The molecule has 3 rings (SSSR count). The predicted octanol–water partition coefficient (Wildman–Crippen LogP) is 1.79. The molecule has 2 N–H and O–H groups in total. The summed E-state index contributed by atoms with van der Waals surface area (Å²) < 4.78 is 10.0. The zero-order valence-electron chi connectivity index (χ0n) is 9.70. The number of ether oxygens (including phenoxy) is 1. The van der Waals surface area contributed by atoms with Crippen LogP contribution in [-0.2, 0) is 4.74 Å². The van der Waals surface area contributed by atoms with E-state index in [1.807, 2.05) is 18.2 Å². The molecule has 94 valence electrons. The minimum absolute atomic E-state index is 0.158. The Kier molecular flexibility index (Phi) is 3.15. The number of morpholine rings is 1. The van der Waals surface area contributed by atoms with Crippen LogP contribution < -0.4 is 10.6 Å². The van der Waals surface area contributed by atoms with Crippen LogP contribution in [0, 0.1) is 0 Å². The lowest BCUT2D eigenvalue weighted by molar-refractivity contribution is 0.0851. The quantitative estimate of drug-likeness (QED) is 0.849. The summed E-state index contributed by atoms with van der Waals surface area (Å²) in [6.07, 6.45) is -0.158. The Labute approximate surface area is 115 Å². The number of aromatic nitrogens is 1. The third-order valence-electron chi connectivity index (χ3n) is 3.04. The zero-order valence-corrected chi connectivity index (χ0v) is 11.3. The summed E-state index contributed by atoms with van der Waals surface area (Å²) in [7, 11) is 0. The SMILES string of the molecule is NC(=S)C1CN(c2snc3ccccc23)CCO1. The molecule has 1 atom stereocenters. The fourth-order valence-corrected chi connectivity index (χ4v) is 3.15. The normalized spacial score (nSPS) is 20.2. The van der Waals surface area contributed by atoms with Gasteiger partial charge >= 0.3 is 0 Å². The second-order valence-corrected chi connectivity index (χ2v) is 5.44. The number of rotatable bonds is 2. The van der Waals surface area contributed by atoms with Crippen molar-refractivity contribution in [2.45, 2.75) is 6.10 Å². The van der Waals surface area contributed by atoms with Gasteiger partial charge in [0.05, 0.1) is 18.7 Å². The number of benzene rings is 1. The third-order valence-corrected chi connectivity index (χ3v) is 4.24. The number of fused-ring (bicyclic) bond motifs is 1. The van der Waals surface area contributed by atoms with Crippen LogP contribution in [0.4, 0.5) is 5.00 Å². The second kappa shape index (κ2) is 4.79. The van der Waals surface area contributed by atoms with Gasteiger partial charge in [-0.05, 0) is 23.7 Å². The van der Waals surface area contributed by atoms with Gasteiger partial charge in [-0.2, -0.15) is 4.37 Å². The first-order chi connectivity index (χ1) is 8.75. The first-order valence-corrected chi connectivity index (χ1v) is 6.94. The third kappa shape index (κ3) is 2.07. The van der Waals surface area contributed by atoms with Crippen molar-refractivity contribution < 1.29 is 4.74 Å². The molecular formula is C12H13N3OS2. The highest BCUT2D eigenvalue weighted by Crippen LogP contribution is 2.32. The Morgan fingerprint density at radius 3 is 3.17 bits per heavy atom. The Balaban J connectivity index is 1.92. The largest absolute Gasteiger partial charge is 0.391 e. The number of nitrogens with zero attached hydrogens (tertiary/aromatic N) is 2. The topological polar surface area (TPSA) is 51.4 Å². The van der Waals surface area contributed by atoms with Crippen molar-refractivity contribution >= 4 is 44.6 Å². The Morgan fingerprint density at radius 2 is 2.33 bits per heavy atom. The molecule has 1 fully saturated rings. The maximum atomic E-state index is 5.66. The molecule has 0 radical (unpaired) electrons. The summed E-state index contributed by atoms with van der Waals surface area (Å²) in [5.41, 5.74) is 6.70. The first-order valence-electron chi connectivity index (χ1n) is 5.76. The molecule has 2 aromatic rings. The van der Waals surface area contributed by atoms with Gasteiger partial charge in [-0.25, -0.2) is 0 Å². The van der Waals surface area contributed by atoms with Crippen molar-refractivity contribution in [1.82, 2.24) is 4.37 Å². The molecule has 1 saturated heterocycles. The molecule has 2 heterocycles. The number of nitrogens with two attached hydrogens (primary N) is 1. The number of hydrogen-bond donors (Lipinski definition) is 1. The fraction of sp³-hybridized carbons (Fsp3) is 0.333. The Bertz CT molecular complexity index is 583. The average Bonchev–Trinajstić information content (AvgIpc) is 2.82. The molecule has 0 spiro atoms. The molecule has 18 heavy (non-hydrogen) atoms. The van der Waals surface area contributed by atoms with E-state index in [-0.39, 0.29) is 6.10 Å². The molecule has 1 aliphatic heterocycles. The van der Waals surface area contributed by atoms with E-state index in [4.69, 9.17) is 22.7 Å². The lowest BCUT2D eigenvalue weighted by atomic mass is 10.2.